The van der Waals surface area contributed by atoms with Crippen LogP contribution in [0.25, 0.3) is 0 Å². The molecule has 0 aliphatic rings. The molecule has 0 radical (unpaired) electrons. The number of hydrogen-bond donors (Lipinski definition) is 0. The molecule has 0 N–H and O–H groups in total. The molecule has 0 fully saturated rings. The fraction of sp³-hybridized carbons (Fsp3) is 0.583. The van der Waals surface area contributed by atoms with Crippen molar-refractivity contribution in [1.29, 1.82) is 5.26 Å². The predicted octanol–water partition coefficient (Wildman–Crippen LogP) is 3.57. The smallest absolute Gasteiger partial charge is 0.130 e. The summed E-state index contributed by atoms with van der Waals surface area (Å²) in [5, 5.41) is 8.78. The zero-order valence-electron chi connectivity index (χ0n) is 9.55. The number of ether oxygens (including phenoxy) is 1. The number of hydrogen-bond acceptors (Lipinski definition) is 2. The molecule has 0 unspecified atom stereocenters. The lowest BCUT2D eigenvalue weighted by molar-refractivity contribution is 0.0172. The van der Waals surface area contributed by atoms with Crippen molar-refractivity contribution >= 4 is 0 Å². The Kier molecular flexibility index (Phi) is 5.01. The fourth-order valence-electron chi connectivity index (χ4n) is 1.03. The van der Waals surface area contributed by atoms with Gasteiger partial charge in [0.25, 0.3) is 0 Å². The van der Waals surface area contributed by atoms with Crippen LogP contribution in [0.15, 0.2) is 24.0 Å². The molecule has 0 bridgehead atoms. The van der Waals surface area contributed by atoms with Gasteiger partial charge in [0.1, 0.15) is 17.4 Å². The highest BCUT2D eigenvalue weighted by Gasteiger charge is 2.22. The lowest BCUT2D eigenvalue weighted by atomic mass is 10.00. The van der Waals surface area contributed by atoms with E-state index in [1.807, 2.05) is 13.8 Å². The van der Waals surface area contributed by atoms with E-state index in [2.05, 4.69) is 26.5 Å². The van der Waals surface area contributed by atoms with Crippen LogP contribution in [0.4, 0.5) is 0 Å². The summed E-state index contributed by atoms with van der Waals surface area (Å²) in [6, 6.07) is 2.06. The molecule has 0 rings (SSSR count). The summed E-state index contributed by atoms with van der Waals surface area (Å²) >= 11 is 0. The van der Waals surface area contributed by atoms with E-state index in [4.69, 9.17) is 10.00 Å². The first-order valence-corrected chi connectivity index (χ1v) is 4.97. The molecular formula is C12H19NO. The molecule has 2 heteroatoms. The Labute approximate surface area is 86.9 Å². The molecule has 0 aliphatic heterocycles. The molecular weight excluding hydrogens is 174 g/mol. The molecule has 78 valence electrons. The van der Waals surface area contributed by atoms with Gasteiger partial charge in [-0.15, -0.1) is 0 Å². The van der Waals surface area contributed by atoms with E-state index in [1.165, 1.54) is 0 Å². The zero-order chi connectivity index (χ0) is 11.2. The third-order valence-corrected chi connectivity index (χ3v) is 2.57. The average Bonchev–Trinajstić information content (AvgIpc) is 2.19. The maximum absolute atomic E-state index is 8.78. The Morgan fingerprint density at radius 2 is 2.00 bits per heavy atom. The molecule has 0 amide bonds. The van der Waals surface area contributed by atoms with Gasteiger partial charge in [-0.3, -0.25) is 0 Å². The standard InChI is InChI=1S/C12H19NO/c1-6-11(9-13)10(4)14-12(5,7-2)8-3/h6H,4,7-8H2,1-3,5H3/b11-6+. The highest BCUT2D eigenvalue weighted by molar-refractivity contribution is 5.36. The van der Waals surface area contributed by atoms with E-state index in [9.17, 15) is 0 Å². The van der Waals surface area contributed by atoms with Crippen molar-refractivity contribution in [3.05, 3.63) is 24.0 Å². The highest BCUT2D eigenvalue weighted by atomic mass is 16.5. The molecule has 2 nitrogen and oxygen atoms in total. The lowest BCUT2D eigenvalue weighted by Crippen LogP contribution is -2.26. The largest absolute Gasteiger partial charge is 0.487 e. The highest BCUT2D eigenvalue weighted by Crippen LogP contribution is 2.25. The minimum Gasteiger partial charge on any atom is -0.487 e. The first-order chi connectivity index (χ1) is 6.52. The van der Waals surface area contributed by atoms with Crippen molar-refractivity contribution in [2.45, 2.75) is 46.1 Å². The van der Waals surface area contributed by atoms with E-state index >= 15 is 0 Å². The van der Waals surface area contributed by atoms with Crippen LogP contribution in [0.2, 0.25) is 0 Å². The lowest BCUT2D eigenvalue weighted by Gasteiger charge is -2.29. The molecule has 14 heavy (non-hydrogen) atoms. The van der Waals surface area contributed by atoms with Crippen LogP contribution < -0.4 is 0 Å². The van der Waals surface area contributed by atoms with Gasteiger partial charge in [0.05, 0.1) is 5.57 Å². The second kappa shape index (κ2) is 5.49. The minimum absolute atomic E-state index is 0.206. The number of allylic oxidation sites excluding steroid dienone is 2. The summed E-state index contributed by atoms with van der Waals surface area (Å²) in [4.78, 5) is 0. The summed E-state index contributed by atoms with van der Waals surface area (Å²) in [7, 11) is 0. The van der Waals surface area contributed by atoms with Crippen LogP contribution in [0.1, 0.15) is 40.5 Å². The minimum atomic E-state index is -0.206. The van der Waals surface area contributed by atoms with Gasteiger partial charge in [0.2, 0.25) is 0 Å². The van der Waals surface area contributed by atoms with Gasteiger partial charge in [-0.05, 0) is 26.7 Å². The first kappa shape index (κ1) is 12.8. The van der Waals surface area contributed by atoms with Gasteiger partial charge in [-0.1, -0.05) is 26.5 Å². The van der Waals surface area contributed by atoms with Crippen LogP contribution in [-0.4, -0.2) is 5.60 Å². The Balaban J connectivity index is 4.55. The summed E-state index contributed by atoms with van der Waals surface area (Å²) in [5.41, 5.74) is 0.306. The topological polar surface area (TPSA) is 33.0 Å². The molecule has 0 aliphatic carbocycles. The molecule has 0 aromatic carbocycles. The number of nitriles is 1. The second-order valence-corrected chi connectivity index (χ2v) is 3.50. The maximum Gasteiger partial charge on any atom is 0.130 e. The Morgan fingerprint density at radius 1 is 1.50 bits per heavy atom. The first-order valence-electron chi connectivity index (χ1n) is 4.97. The molecule has 0 aromatic heterocycles. The van der Waals surface area contributed by atoms with E-state index in [0.29, 0.717) is 11.3 Å². The van der Waals surface area contributed by atoms with Gasteiger partial charge in [-0.25, -0.2) is 0 Å². The van der Waals surface area contributed by atoms with Crippen molar-refractivity contribution < 1.29 is 4.74 Å². The Morgan fingerprint density at radius 3 is 2.29 bits per heavy atom. The SMILES string of the molecule is C=C(OC(C)(CC)CC)/C(C#N)=C/C. The Bertz CT molecular complexity index is 267. The van der Waals surface area contributed by atoms with E-state index < -0.39 is 0 Å². The molecule has 0 atom stereocenters. The third-order valence-electron chi connectivity index (χ3n) is 2.57. The van der Waals surface area contributed by atoms with Crippen LogP contribution in [-0.2, 0) is 4.74 Å². The normalized spacial score (nSPS) is 12.1. The van der Waals surface area contributed by atoms with Gasteiger partial charge < -0.3 is 4.74 Å². The van der Waals surface area contributed by atoms with Gasteiger partial charge in [-0.2, -0.15) is 5.26 Å². The van der Waals surface area contributed by atoms with Gasteiger partial charge in [0.15, 0.2) is 0 Å². The van der Waals surface area contributed by atoms with Crippen molar-refractivity contribution in [2.75, 3.05) is 0 Å². The predicted molar refractivity (Wildman–Crippen MR) is 58.6 cm³/mol. The van der Waals surface area contributed by atoms with Gasteiger partial charge in [0, 0.05) is 0 Å². The van der Waals surface area contributed by atoms with Crippen molar-refractivity contribution in [3.63, 3.8) is 0 Å². The van der Waals surface area contributed by atoms with E-state index in [-0.39, 0.29) is 5.60 Å². The molecule has 0 saturated heterocycles. The Hall–Kier alpha value is -1.23. The maximum atomic E-state index is 8.78. The fourth-order valence-corrected chi connectivity index (χ4v) is 1.03. The summed E-state index contributed by atoms with van der Waals surface area (Å²) in [6.07, 6.45) is 3.53. The number of nitrogens with zero attached hydrogens (tertiary/aromatic N) is 1. The summed E-state index contributed by atoms with van der Waals surface area (Å²) < 4.78 is 5.69. The second-order valence-electron chi connectivity index (χ2n) is 3.50. The van der Waals surface area contributed by atoms with Crippen LogP contribution in [0.3, 0.4) is 0 Å². The van der Waals surface area contributed by atoms with Crippen LogP contribution in [0.5, 0.6) is 0 Å². The van der Waals surface area contributed by atoms with Crippen LogP contribution in [0, 0.1) is 11.3 Å². The molecule has 0 heterocycles. The zero-order valence-corrected chi connectivity index (χ0v) is 9.55. The quantitative estimate of drug-likeness (QED) is 0.380. The van der Waals surface area contributed by atoms with Gasteiger partial charge >= 0.3 is 0 Å². The summed E-state index contributed by atoms with van der Waals surface area (Å²) in [5.74, 6) is 0.473. The molecule has 0 saturated carbocycles. The number of rotatable bonds is 5. The summed E-state index contributed by atoms with van der Waals surface area (Å²) in [6.45, 7) is 11.7. The molecule has 0 aromatic rings. The van der Waals surface area contributed by atoms with Crippen molar-refractivity contribution in [3.8, 4) is 6.07 Å². The monoisotopic (exact) mass is 193 g/mol. The van der Waals surface area contributed by atoms with E-state index in [1.54, 1.807) is 6.08 Å². The van der Waals surface area contributed by atoms with Crippen molar-refractivity contribution in [1.82, 2.24) is 0 Å². The van der Waals surface area contributed by atoms with E-state index in [0.717, 1.165) is 12.8 Å². The van der Waals surface area contributed by atoms with Crippen LogP contribution >= 0.6 is 0 Å². The average molecular weight is 193 g/mol. The molecule has 0 spiro atoms. The van der Waals surface area contributed by atoms with Crippen molar-refractivity contribution in [2.24, 2.45) is 0 Å². The third kappa shape index (κ3) is 3.26.